The number of halogens is 1. The van der Waals surface area contributed by atoms with Gasteiger partial charge in [-0.1, -0.05) is 28.9 Å². The maximum atomic E-state index is 11.9. The number of ether oxygens (including phenoxy) is 1. The van der Waals surface area contributed by atoms with Crippen LogP contribution in [0.2, 0.25) is 5.02 Å². The van der Waals surface area contributed by atoms with E-state index in [-0.39, 0.29) is 19.0 Å². The Morgan fingerprint density at radius 3 is 2.79 bits per heavy atom. The van der Waals surface area contributed by atoms with Crippen molar-refractivity contribution in [2.45, 2.75) is 25.6 Å². The highest BCUT2D eigenvalue weighted by molar-refractivity contribution is 7.66. The largest absolute Gasteiger partial charge is 0.395 e. The van der Waals surface area contributed by atoms with Crippen LogP contribution in [-0.4, -0.2) is 72.6 Å². The number of aliphatic hydroxyl groups is 1. The third kappa shape index (κ3) is 4.93. The summed E-state index contributed by atoms with van der Waals surface area (Å²) >= 11 is 6.57. The Hall–Kier alpha value is -2.02. The molecule has 1 saturated heterocycles. The third-order valence-corrected chi connectivity index (χ3v) is 7.44. The van der Waals surface area contributed by atoms with Crippen LogP contribution in [0.1, 0.15) is 24.9 Å². The van der Waals surface area contributed by atoms with Crippen LogP contribution < -0.4 is 5.32 Å². The van der Waals surface area contributed by atoms with Crippen LogP contribution in [0.4, 0.5) is 0 Å². The van der Waals surface area contributed by atoms with Crippen LogP contribution in [-0.2, 0) is 22.2 Å². The molecule has 0 bridgehead atoms. The first kappa shape index (κ1) is 24.1. The van der Waals surface area contributed by atoms with Gasteiger partial charge in [0.25, 0.3) is 10.9 Å². The van der Waals surface area contributed by atoms with Crippen molar-refractivity contribution in [3.05, 3.63) is 35.3 Å². The molecular formula is C21H29ClN5O5S+. The van der Waals surface area contributed by atoms with Crippen molar-refractivity contribution in [2.24, 2.45) is 5.92 Å². The van der Waals surface area contributed by atoms with Gasteiger partial charge in [-0.15, -0.1) is 0 Å². The van der Waals surface area contributed by atoms with E-state index in [4.69, 9.17) is 20.9 Å². The fourth-order valence-electron chi connectivity index (χ4n) is 4.18. The molecule has 0 aliphatic carbocycles. The van der Waals surface area contributed by atoms with Crippen LogP contribution in [0.5, 0.6) is 0 Å². The predicted molar refractivity (Wildman–Crippen MR) is 124 cm³/mol. The lowest BCUT2D eigenvalue weighted by Crippen LogP contribution is -2.49. The lowest BCUT2D eigenvalue weighted by molar-refractivity contribution is -0.800. The topological polar surface area (TPSA) is 119 Å². The van der Waals surface area contributed by atoms with Gasteiger partial charge in [-0.2, -0.15) is 13.4 Å². The number of hydrogen-bond donors (Lipinski definition) is 3. The van der Waals surface area contributed by atoms with Gasteiger partial charge >= 0.3 is 5.89 Å². The zero-order valence-electron chi connectivity index (χ0n) is 18.6. The molecule has 4 rings (SSSR count). The van der Waals surface area contributed by atoms with Crippen molar-refractivity contribution in [1.82, 2.24) is 20.0 Å². The zero-order chi connectivity index (χ0) is 23.6. The second-order valence-electron chi connectivity index (χ2n) is 8.64. The van der Waals surface area contributed by atoms with Gasteiger partial charge in [-0.05, 0) is 24.8 Å². The lowest BCUT2D eigenvalue weighted by atomic mass is 10.0. The summed E-state index contributed by atoms with van der Waals surface area (Å²) in [5.41, 5.74) is 1.66. The van der Waals surface area contributed by atoms with Gasteiger partial charge in [0.1, 0.15) is 0 Å². The molecule has 1 atom stereocenters. The normalized spacial score (nSPS) is 16.6. The van der Waals surface area contributed by atoms with Crippen LogP contribution in [0.3, 0.4) is 0 Å². The molecule has 12 heteroatoms. The summed E-state index contributed by atoms with van der Waals surface area (Å²) < 4.78 is 36.4. The molecule has 33 heavy (non-hydrogen) atoms. The van der Waals surface area contributed by atoms with Crippen molar-refractivity contribution >= 4 is 33.4 Å². The summed E-state index contributed by atoms with van der Waals surface area (Å²) in [6, 6.07) is 5.69. The molecule has 1 aliphatic heterocycles. The second kappa shape index (κ2) is 10.1. The smallest absolute Gasteiger partial charge is 0.302 e. The Kier molecular flexibility index (Phi) is 7.37. The SMILES string of the molecule is C[N+](C)(C(NCCO)c1nc(-c2cn(CC3CCOCC3)c3c(Cl)cccc23)no1)[SH](=O)=O. The van der Waals surface area contributed by atoms with E-state index < -0.39 is 20.9 Å². The van der Waals surface area contributed by atoms with Crippen molar-refractivity contribution in [2.75, 3.05) is 40.5 Å². The van der Waals surface area contributed by atoms with E-state index in [1.807, 2.05) is 24.4 Å². The molecular weight excluding hydrogens is 470 g/mol. The molecule has 0 radical (unpaired) electrons. The lowest BCUT2D eigenvalue weighted by Gasteiger charge is -2.29. The molecule has 3 aromatic rings. The zero-order valence-corrected chi connectivity index (χ0v) is 20.3. The van der Waals surface area contributed by atoms with Gasteiger partial charge in [-0.25, -0.2) is 3.89 Å². The van der Waals surface area contributed by atoms with E-state index in [0.717, 1.165) is 49.1 Å². The number of aliphatic hydroxyl groups excluding tert-OH is 1. The predicted octanol–water partition coefficient (Wildman–Crippen LogP) is 1.95. The van der Waals surface area contributed by atoms with E-state index in [2.05, 4.69) is 20.0 Å². The molecule has 0 amide bonds. The minimum atomic E-state index is -2.87. The van der Waals surface area contributed by atoms with Gasteiger partial charge in [-0.3, -0.25) is 5.32 Å². The van der Waals surface area contributed by atoms with Crippen molar-refractivity contribution in [1.29, 1.82) is 0 Å². The number of thiol groups is 1. The first-order valence-electron chi connectivity index (χ1n) is 10.8. The first-order valence-corrected chi connectivity index (χ1v) is 12.4. The summed E-state index contributed by atoms with van der Waals surface area (Å²) in [6.45, 7) is 2.34. The molecule has 0 spiro atoms. The summed E-state index contributed by atoms with van der Waals surface area (Å²) in [7, 11) is 0.163. The third-order valence-electron chi connectivity index (χ3n) is 6.06. The standard InChI is InChI=1S/C21H29ClN5O5S/c1-27(2,33(29)30)20(23-8-9-28)21-24-19(25-32-21)16-13-26(12-14-6-10-31-11-7-14)18-15(16)4-3-5-17(18)22/h3-5,13-14,20,23,28,33H,6-12H2,1-2H3/q+1. The van der Waals surface area contributed by atoms with Crippen LogP contribution >= 0.6 is 11.6 Å². The molecule has 2 N–H and O–H groups in total. The number of rotatable bonds is 9. The van der Waals surface area contributed by atoms with Crippen LogP contribution in [0, 0.1) is 5.92 Å². The van der Waals surface area contributed by atoms with E-state index >= 15 is 0 Å². The van der Waals surface area contributed by atoms with Crippen LogP contribution in [0.25, 0.3) is 22.3 Å². The molecule has 1 unspecified atom stereocenters. The Bertz CT molecular complexity index is 1180. The minimum absolute atomic E-state index is 0.120. The molecule has 1 aromatic carbocycles. The first-order chi connectivity index (χ1) is 15.8. The van der Waals surface area contributed by atoms with E-state index in [0.29, 0.717) is 16.8 Å². The summed E-state index contributed by atoms with van der Waals surface area (Å²) in [5.74, 6) is 0.952. The van der Waals surface area contributed by atoms with Gasteiger partial charge < -0.3 is 18.9 Å². The Labute approximate surface area is 198 Å². The molecule has 3 heterocycles. The number of aromatic nitrogens is 3. The molecule has 2 aromatic heterocycles. The average molecular weight is 499 g/mol. The van der Waals surface area contributed by atoms with Crippen LogP contribution in [0.15, 0.2) is 28.9 Å². The van der Waals surface area contributed by atoms with Crippen molar-refractivity contribution in [3.63, 3.8) is 0 Å². The van der Waals surface area contributed by atoms with Gasteiger partial charge in [0.15, 0.2) is 0 Å². The highest BCUT2D eigenvalue weighted by Gasteiger charge is 2.37. The van der Waals surface area contributed by atoms with Gasteiger partial charge in [0.2, 0.25) is 12.0 Å². The minimum Gasteiger partial charge on any atom is -0.395 e. The number of para-hydroxylation sites is 1. The fraction of sp³-hybridized carbons (Fsp3) is 0.524. The monoisotopic (exact) mass is 498 g/mol. The number of nitrogens with one attached hydrogen (secondary N) is 1. The molecule has 180 valence electrons. The highest BCUT2D eigenvalue weighted by Crippen LogP contribution is 2.35. The second-order valence-corrected chi connectivity index (χ2v) is 10.6. The van der Waals surface area contributed by atoms with E-state index in [1.165, 1.54) is 14.1 Å². The molecule has 1 fully saturated rings. The number of quaternary nitrogens is 1. The summed E-state index contributed by atoms with van der Waals surface area (Å²) in [4.78, 5) is 4.54. The van der Waals surface area contributed by atoms with E-state index in [1.54, 1.807) is 0 Å². The van der Waals surface area contributed by atoms with Gasteiger partial charge in [0, 0.05) is 43.4 Å². The number of hydrogen-bond acceptors (Lipinski definition) is 8. The Morgan fingerprint density at radius 1 is 1.33 bits per heavy atom. The number of nitrogens with zero attached hydrogens (tertiary/aromatic N) is 4. The fourth-order valence-corrected chi connectivity index (χ4v) is 4.83. The molecule has 1 aliphatic rings. The van der Waals surface area contributed by atoms with Crippen molar-refractivity contribution in [3.8, 4) is 11.4 Å². The van der Waals surface area contributed by atoms with E-state index in [9.17, 15) is 13.5 Å². The number of fused-ring (bicyclic) bond motifs is 1. The maximum absolute atomic E-state index is 11.9. The molecule has 0 saturated carbocycles. The maximum Gasteiger partial charge on any atom is 0.302 e. The average Bonchev–Trinajstić information content (AvgIpc) is 3.40. The van der Waals surface area contributed by atoms with Crippen molar-refractivity contribution < 1.29 is 26.7 Å². The quantitative estimate of drug-likeness (QED) is 0.233. The Morgan fingerprint density at radius 2 is 2.09 bits per heavy atom. The summed E-state index contributed by atoms with van der Waals surface area (Å²) in [5, 5.41) is 17.9. The molecule has 10 nitrogen and oxygen atoms in total. The van der Waals surface area contributed by atoms with Gasteiger partial charge in [0.05, 0.1) is 31.2 Å². The number of benzene rings is 1. The Balaban J connectivity index is 1.73. The summed E-state index contributed by atoms with van der Waals surface area (Å²) in [6.07, 6.45) is 3.12. The highest BCUT2D eigenvalue weighted by atomic mass is 35.5.